The lowest BCUT2D eigenvalue weighted by Gasteiger charge is -2.11. The molecule has 1 heterocycles. The number of anilines is 3. The Morgan fingerprint density at radius 1 is 1.04 bits per heavy atom. The SMILES string of the molecule is CCc1ccc(NC(=O)c2ccc(Nc3cc(C)ccc3OC)nn2)cc1. The Kier molecular flexibility index (Phi) is 5.66. The molecule has 0 aliphatic carbocycles. The van der Waals surface area contributed by atoms with Gasteiger partial charge in [0.2, 0.25) is 0 Å². The number of rotatable bonds is 6. The number of ether oxygens (including phenoxy) is 1. The van der Waals surface area contributed by atoms with Crippen molar-refractivity contribution >= 4 is 23.1 Å². The van der Waals surface area contributed by atoms with Gasteiger partial charge in [0.05, 0.1) is 12.8 Å². The number of amides is 1. The highest BCUT2D eigenvalue weighted by Crippen LogP contribution is 2.27. The highest BCUT2D eigenvalue weighted by molar-refractivity contribution is 6.02. The fraction of sp³-hybridized carbons (Fsp3) is 0.190. The number of aromatic nitrogens is 2. The molecule has 1 aromatic heterocycles. The van der Waals surface area contributed by atoms with Crippen LogP contribution in [-0.2, 0) is 6.42 Å². The van der Waals surface area contributed by atoms with E-state index in [1.54, 1.807) is 19.2 Å². The van der Waals surface area contributed by atoms with Gasteiger partial charge in [-0.1, -0.05) is 25.1 Å². The van der Waals surface area contributed by atoms with Gasteiger partial charge in [0, 0.05) is 5.69 Å². The number of aryl methyl sites for hydroxylation is 2. The van der Waals surface area contributed by atoms with Crippen molar-refractivity contribution in [3.8, 4) is 5.75 Å². The molecule has 2 N–H and O–H groups in total. The van der Waals surface area contributed by atoms with Gasteiger partial charge in [0.15, 0.2) is 11.5 Å². The summed E-state index contributed by atoms with van der Waals surface area (Å²) in [5.74, 6) is 0.939. The summed E-state index contributed by atoms with van der Waals surface area (Å²) < 4.78 is 5.34. The molecule has 0 aliphatic rings. The molecule has 0 aliphatic heterocycles. The molecule has 27 heavy (non-hydrogen) atoms. The molecule has 138 valence electrons. The Hall–Kier alpha value is -3.41. The Labute approximate surface area is 158 Å². The molecule has 3 aromatic rings. The molecule has 0 atom stereocenters. The number of hydrogen-bond acceptors (Lipinski definition) is 5. The number of methoxy groups -OCH3 is 1. The van der Waals surface area contributed by atoms with E-state index < -0.39 is 0 Å². The van der Waals surface area contributed by atoms with Crippen LogP contribution in [0.2, 0.25) is 0 Å². The van der Waals surface area contributed by atoms with Crippen LogP contribution in [0.5, 0.6) is 5.75 Å². The molecule has 0 saturated heterocycles. The van der Waals surface area contributed by atoms with Gasteiger partial charge in [-0.2, -0.15) is 0 Å². The van der Waals surface area contributed by atoms with Crippen LogP contribution in [0.15, 0.2) is 54.6 Å². The molecule has 3 rings (SSSR count). The Balaban J connectivity index is 1.69. The minimum Gasteiger partial charge on any atom is -0.495 e. The van der Waals surface area contributed by atoms with Crippen molar-refractivity contribution in [1.82, 2.24) is 10.2 Å². The van der Waals surface area contributed by atoms with Gasteiger partial charge in [-0.3, -0.25) is 4.79 Å². The molecule has 0 bridgehead atoms. The average molecular weight is 362 g/mol. The van der Waals surface area contributed by atoms with Gasteiger partial charge in [-0.05, 0) is 60.9 Å². The lowest BCUT2D eigenvalue weighted by Crippen LogP contribution is -2.14. The van der Waals surface area contributed by atoms with Gasteiger partial charge in [0.1, 0.15) is 5.75 Å². The fourth-order valence-electron chi connectivity index (χ4n) is 2.60. The van der Waals surface area contributed by atoms with Crippen LogP contribution in [0.1, 0.15) is 28.5 Å². The summed E-state index contributed by atoms with van der Waals surface area (Å²) in [5.41, 5.74) is 4.08. The van der Waals surface area contributed by atoms with Crippen LogP contribution < -0.4 is 15.4 Å². The van der Waals surface area contributed by atoms with Gasteiger partial charge in [-0.15, -0.1) is 10.2 Å². The number of nitrogens with zero attached hydrogens (tertiary/aromatic N) is 2. The molecular formula is C21H22N4O2. The van der Waals surface area contributed by atoms with Gasteiger partial charge in [-0.25, -0.2) is 0 Å². The molecule has 0 spiro atoms. The van der Waals surface area contributed by atoms with Crippen molar-refractivity contribution in [2.24, 2.45) is 0 Å². The average Bonchev–Trinajstić information content (AvgIpc) is 2.69. The highest BCUT2D eigenvalue weighted by Gasteiger charge is 2.10. The smallest absolute Gasteiger partial charge is 0.276 e. The summed E-state index contributed by atoms with van der Waals surface area (Å²) >= 11 is 0. The lowest BCUT2D eigenvalue weighted by molar-refractivity contribution is 0.102. The summed E-state index contributed by atoms with van der Waals surface area (Å²) in [6.45, 7) is 4.09. The van der Waals surface area contributed by atoms with E-state index in [0.29, 0.717) is 11.6 Å². The number of carbonyl (C=O) groups is 1. The van der Waals surface area contributed by atoms with Crippen molar-refractivity contribution in [3.63, 3.8) is 0 Å². The van der Waals surface area contributed by atoms with Crippen LogP contribution in [0.3, 0.4) is 0 Å². The van der Waals surface area contributed by atoms with Crippen molar-refractivity contribution in [3.05, 3.63) is 71.4 Å². The van der Waals surface area contributed by atoms with Crippen LogP contribution in [0.25, 0.3) is 0 Å². The Bertz CT molecular complexity index is 922. The molecule has 1 amide bonds. The third-order valence-corrected chi connectivity index (χ3v) is 4.13. The third-order valence-electron chi connectivity index (χ3n) is 4.13. The first kappa shape index (κ1) is 18.4. The topological polar surface area (TPSA) is 76.1 Å². The summed E-state index contributed by atoms with van der Waals surface area (Å²) in [7, 11) is 1.61. The third kappa shape index (κ3) is 4.61. The molecule has 6 nitrogen and oxygen atoms in total. The molecular weight excluding hydrogens is 340 g/mol. The molecule has 2 aromatic carbocycles. The van der Waals surface area contributed by atoms with Crippen LogP contribution in [0.4, 0.5) is 17.2 Å². The molecule has 0 radical (unpaired) electrons. The van der Waals surface area contributed by atoms with E-state index >= 15 is 0 Å². The van der Waals surface area contributed by atoms with E-state index in [0.717, 1.165) is 23.4 Å². The van der Waals surface area contributed by atoms with E-state index in [2.05, 4.69) is 27.8 Å². The predicted octanol–water partition coefficient (Wildman–Crippen LogP) is 4.35. The second-order valence-electron chi connectivity index (χ2n) is 6.14. The molecule has 0 unspecified atom stereocenters. The Morgan fingerprint density at radius 3 is 2.44 bits per heavy atom. The number of benzene rings is 2. The van der Waals surface area contributed by atoms with E-state index in [4.69, 9.17) is 4.74 Å². The standard InChI is InChI=1S/C21H22N4O2/c1-4-15-6-8-16(9-7-15)22-21(26)17-10-12-20(25-24-17)23-18-13-14(2)5-11-19(18)27-3/h5-13H,4H2,1-3H3,(H,22,26)(H,23,25). The van der Waals surface area contributed by atoms with Crippen LogP contribution in [0, 0.1) is 6.92 Å². The first-order valence-corrected chi connectivity index (χ1v) is 8.74. The van der Waals surface area contributed by atoms with E-state index in [-0.39, 0.29) is 11.6 Å². The number of carbonyl (C=O) groups excluding carboxylic acids is 1. The summed E-state index contributed by atoms with van der Waals surface area (Å²) in [4.78, 5) is 12.3. The predicted molar refractivity (Wildman–Crippen MR) is 107 cm³/mol. The van der Waals surface area contributed by atoms with E-state index in [9.17, 15) is 4.79 Å². The zero-order valence-electron chi connectivity index (χ0n) is 15.6. The van der Waals surface area contributed by atoms with Crippen molar-refractivity contribution in [2.45, 2.75) is 20.3 Å². The summed E-state index contributed by atoms with van der Waals surface area (Å²) in [5, 5.41) is 14.1. The lowest BCUT2D eigenvalue weighted by atomic mass is 10.1. The van der Waals surface area contributed by atoms with E-state index in [1.807, 2.05) is 49.4 Å². The van der Waals surface area contributed by atoms with Crippen molar-refractivity contribution < 1.29 is 9.53 Å². The molecule has 0 fully saturated rings. The van der Waals surface area contributed by atoms with Gasteiger partial charge in [0.25, 0.3) is 5.91 Å². The number of nitrogens with one attached hydrogen (secondary N) is 2. The molecule has 0 saturated carbocycles. The first-order valence-electron chi connectivity index (χ1n) is 8.74. The maximum absolute atomic E-state index is 12.3. The van der Waals surface area contributed by atoms with Crippen molar-refractivity contribution in [2.75, 3.05) is 17.7 Å². The second-order valence-corrected chi connectivity index (χ2v) is 6.14. The quantitative estimate of drug-likeness (QED) is 0.682. The summed E-state index contributed by atoms with van der Waals surface area (Å²) in [6, 6.07) is 16.9. The normalized spacial score (nSPS) is 10.3. The van der Waals surface area contributed by atoms with Crippen LogP contribution >= 0.6 is 0 Å². The minimum absolute atomic E-state index is 0.247. The largest absolute Gasteiger partial charge is 0.495 e. The van der Waals surface area contributed by atoms with E-state index in [1.165, 1.54) is 5.56 Å². The first-order chi connectivity index (χ1) is 13.1. The Morgan fingerprint density at radius 2 is 1.81 bits per heavy atom. The molecule has 6 heteroatoms. The van der Waals surface area contributed by atoms with Crippen LogP contribution in [-0.4, -0.2) is 23.2 Å². The zero-order valence-corrected chi connectivity index (χ0v) is 15.6. The van der Waals surface area contributed by atoms with Crippen molar-refractivity contribution in [1.29, 1.82) is 0 Å². The van der Waals surface area contributed by atoms with Gasteiger partial charge >= 0.3 is 0 Å². The maximum Gasteiger partial charge on any atom is 0.276 e. The minimum atomic E-state index is -0.300. The second kappa shape index (κ2) is 8.31. The monoisotopic (exact) mass is 362 g/mol. The van der Waals surface area contributed by atoms with Gasteiger partial charge < -0.3 is 15.4 Å². The highest BCUT2D eigenvalue weighted by atomic mass is 16.5. The zero-order chi connectivity index (χ0) is 19.2. The number of hydrogen-bond donors (Lipinski definition) is 2. The fourth-order valence-corrected chi connectivity index (χ4v) is 2.60. The summed E-state index contributed by atoms with van der Waals surface area (Å²) in [6.07, 6.45) is 0.958. The maximum atomic E-state index is 12.3.